The van der Waals surface area contributed by atoms with E-state index in [9.17, 15) is 19.2 Å². The Hall–Kier alpha value is -4.34. The highest BCUT2D eigenvalue weighted by Gasteiger charge is 2.32. The van der Waals surface area contributed by atoms with Gasteiger partial charge in [0.2, 0.25) is 11.8 Å². The van der Waals surface area contributed by atoms with Gasteiger partial charge in [0.05, 0.1) is 39.5 Å². The van der Waals surface area contributed by atoms with Gasteiger partial charge in [-0.2, -0.15) is 4.98 Å². The number of aromatic nitrogens is 2. The van der Waals surface area contributed by atoms with Crippen LogP contribution in [-0.4, -0.2) is 114 Å². The van der Waals surface area contributed by atoms with E-state index >= 15 is 0 Å². The second kappa shape index (κ2) is 16.9. The predicted octanol–water partition coefficient (Wildman–Crippen LogP) is 3.37. The molecule has 0 radical (unpaired) electrons. The molecule has 0 unspecified atom stereocenters. The molecule has 15 heteroatoms. The Kier molecular flexibility index (Phi) is 12.9. The number of hydroxylamine groups is 2. The molecule has 0 saturated carbocycles. The zero-order valence-electron chi connectivity index (χ0n) is 29.1. The third-order valence-electron chi connectivity index (χ3n) is 7.44. The molecular weight excluding hydrogens is 638 g/mol. The van der Waals surface area contributed by atoms with Crippen LogP contribution in [0.25, 0.3) is 11.4 Å². The Balaban J connectivity index is 1.51. The fraction of sp³-hybridized carbons (Fsp3) is 0.588. The van der Waals surface area contributed by atoms with Crippen LogP contribution in [0.2, 0.25) is 0 Å². The van der Waals surface area contributed by atoms with E-state index in [4.69, 9.17) is 28.5 Å². The average molecular weight is 686 g/mol. The van der Waals surface area contributed by atoms with E-state index in [1.165, 1.54) is 11.1 Å². The first-order valence-electron chi connectivity index (χ1n) is 16.5. The molecule has 2 aromatic rings. The van der Waals surface area contributed by atoms with Crippen LogP contribution in [-0.2, 0) is 33.4 Å². The zero-order valence-corrected chi connectivity index (χ0v) is 29.1. The van der Waals surface area contributed by atoms with Gasteiger partial charge >= 0.3 is 12.1 Å². The summed E-state index contributed by atoms with van der Waals surface area (Å²) in [4.78, 5) is 67.7. The summed E-state index contributed by atoms with van der Waals surface area (Å²) >= 11 is 0. The summed E-state index contributed by atoms with van der Waals surface area (Å²) in [7, 11) is 0. The number of esters is 1. The highest BCUT2D eigenvalue weighted by molar-refractivity contribution is 5.96. The van der Waals surface area contributed by atoms with Crippen molar-refractivity contribution in [3.63, 3.8) is 0 Å². The molecule has 15 nitrogen and oxygen atoms in total. The van der Waals surface area contributed by atoms with Gasteiger partial charge in [-0.05, 0) is 48.0 Å². The van der Waals surface area contributed by atoms with Gasteiger partial charge < -0.3 is 38.7 Å². The summed E-state index contributed by atoms with van der Waals surface area (Å²) in [6, 6.07) is 9.45. The number of amides is 2. The minimum absolute atomic E-state index is 0.0168. The molecule has 2 aliphatic rings. The molecule has 1 aromatic heterocycles. The Bertz CT molecular complexity index is 1430. The summed E-state index contributed by atoms with van der Waals surface area (Å²) < 4.78 is 27.8. The number of hydrogen-bond acceptors (Lipinski definition) is 13. The maximum atomic E-state index is 13.8. The first-order chi connectivity index (χ1) is 23.2. The highest BCUT2D eigenvalue weighted by atomic mass is 16.8. The zero-order chi connectivity index (χ0) is 35.6. The molecule has 2 aliphatic heterocycles. The molecule has 2 amide bonds. The third-order valence-corrected chi connectivity index (χ3v) is 7.44. The van der Waals surface area contributed by atoms with Crippen molar-refractivity contribution in [1.82, 2.24) is 25.2 Å². The molecule has 4 rings (SSSR count). The van der Waals surface area contributed by atoms with Gasteiger partial charge in [-0.25, -0.2) is 9.78 Å². The van der Waals surface area contributed by atoms with Gasteiger partial charge in [0.15, 0.2) is 11.6 Å². The molecule has 268 valence electrons. The van der Waals surface area contributed by atoms with Crippen LogP contribution in [0.1, 0.15) is 64.9 Å². The Morgan fingerprint density at radius 3 is 2.33 bits per heavy atom. The van der Waals surface area contributed by atoms with Crippen molar-refractivity contribution in [3.05, 3.63) is 42.1 Å². The maximum Gasteiger partial charge on any atom is 0.527 e. The maximum absolute atomic E-state index is 13.8. The van der Waals surface area contributed by atoms with Gasteiger partial charge in [0, 0.05) is 37.1 Å². The smallest absolute Gasteiger partial charge is 0.477 e. The Labute approximate surface area is 286 Å². The standard InChI is InChI=1S/C34H47N5O10/c1-7-44-32(43)49-39-17-15-38(16-18-39)31(42)25(13-14-28(40)48-33(2,3)4)36-30(41)26-19-27(37-29(35-26)24-11-9-8-10-12-24)45-20-23-21-46-34(5,6)47-22-23/h8-12,19,23,25H,7,13-18,20-22H2,1-6H3,(H,36,41)/t25-/m0/s1. The molecule has 0 spiro atoms. The summed E-state index contributed by atoms with van der Waals surface area (Å²) in [5.74, 6) is -1.86. The molecule has 1 aromatic carbocycles. The van der Waals surface area contributed by atoms with Crippen LogP contribution in [0.4, 0.5) is 4.79 Å². The van der Waals surface area contributed by atoms with E-state index in [0.717, 1.165) is 0 Å². The fourth-order valence-corrected chi connectivity index (χ4v) is 4.97. The molecule has 1 N–H and O–H groups in total. The number of carbonyl (C=O) groups is 4. The first-order valence-corrected chi connectivity index (χ1v) is 16.5. The summed E-state index contributed by atoms with van der Waals surface area (Å²) in [5, 5.41) is 4.20. The number of nitrogens with one attached hydrogen (secondary N) is 1. The molecule has 49 heavy (non-hydrogen) atoms. The van der Waals surface area contributed by atoms with E-state index in [2.05, 4.69) is 15.3 Å². The van der Waals surface area contributed by atoms with Gasteiger partial charge in [-0.3, -0.25) is 14.4 Å². The molecule has 0 aliphatic carbocycles. The van der Waals surface area contributed by atoms with Crippen molar-refractivity contribution in [2.45, 2.75) is 71.8 Å². The van der Waals surface area contributed by atoms with Crippen molar-refractivity contribution in [2.75, 3.05) is 52.6 Å². The number of ether oxygens (including phenoxy) is 5. The number of nitrogens with zero attached hydrogens (tertiary/aromatic N) is 4. The van der Waals surface area contributed by atoms with Crippen LogP contribution < -0.4 is 10.1 Å². The van der Waals surface area contributed by atoms with E-state index in [1.54, 1.807) is 32.6 Å². The second-order valence-corrected chi connectivity index (χ2v) is 13.2. The largest absolute Gasteiger partial charge is 0.527 e. The lowest BCUT2D eigenvalue weighted by molar-refractivity contribution is -0.264. The molecule has 3 heterocycles. The van der Waals surface area contributed by atoms with E-state index < -0.39 is 41.4 Å². The van der Waals surface area contributed by atoms with Crippen LogP contribution in [0.15, 0.2) is 36.4 Å². The first kappa shape index (κ1) is 37.5. The van der Waals surface area contributed by atoms with Crippen molar-refractivity contribution in [3.8, 4) is 17.3 Å². The topological polar surface area (TPSA) is 168 Å². The Morgan fingerprint density at radius 1 is 1.02 bits per heavy atom. The summed E-state index contributed by atoms with van der Waals surface area (Å²) in [6.45, 7) is 12.8. The van der Waals surface area contributed by atoms with Crippen molar-refractivity contribution >= 4 is 23.9 Å². The number of hydrogen-bond donors (Lipinski definition) is 1. The number of rotatable bonds is 12. The molecule has 0 bridgehead atoms. The van der Waals surface area contributed by atoms with E-state index in [0.29, 0.717) is 18.8 Å². The van der Waals surface area contributed by atoms with E-state index in [-0.39, 0.29) is 75.6 Å². The SMILES string of the molecule is CCOC(=O)ON1CCN(C(=O)[C@H](CCC(=O)OC(C)(C)C)NC(=O)c2cc(OCC3COC(C)(C)OC3)nc(-c3ccccc3)n2)CC1. The van der Waals surface area contributed by atoms with Crippen molar-refractivity contribution in [2.24, 2.45) is 5.92 Å². The normalized spacial score (nSPS) is 17.5. The van der Waals surface area contributed by atoms with Crippen molar-refractivity contribution < 1.29 is 47.7 Å². The number of benzene rings is 1. The highest BCUT2D eigenvalue weighted by Crippen LogP contribution is 2.23. The van der Waals surface area contributed by atoms with Gasteiger partial charge in [-0.15, -0.1) is 5.06 Å². The van der Waals surface area contributed by atoms with Gasteiger partial charge in [0.25, 0.3) is 5.91 Å². The van der Waals surface area contributed by atoms with Crippen molar-refractivity contribution in [1.29, 1.82) is 0 Å². The average Bonchev–Trinajstić information content (AvgIpc) is 3.05. The van der Waals surface area contributed by atoms with E-state index in [1.807, 2.05) is 44.2 Å². The third kappa shape index (κ3) is 11.9. The predicted molar refractivity (Wildman–Crippen MR) is 175 cm³/mol. The van der Waals surface area contributed by atoms with Crippen LogP contribution >= 0.6 is 0 Å². The summed E-state index contributed by atoms with van der Waals surface area (Å²) in [6.07, 6.45) is -0.954. The number of piperazine rings is 1. The van der Waals surface area contributed by atoms with Crippen LogP contribution in [0.5, 0.6) is 5.88 Å². The lowest BCUT2D eigenvalue weighted by atomic mass is 10.1. The lowest BCUT2D eigenvalue weighted by Crippen LogP contribution is -2.55. The quantitative estimate of drug-likeness (QED) is 0.323. The van der Waals surface area contributed by atoms with Gasteiger partial charge in [0.1, 0.15) is 17.3 Å². The second-order valence-electron chi connectivity index (χ2n) is 13.2. The molecule has 2 saturated heterocycles. The fourth-order valence-electron chi connectivity index (χ4n) is 4.97. The molecule has 2 fully saturated rings. The minimum Gasteiger partial charge on any atom is -0.477 e. The van der Waals surface area contributed by atoms with Crippen LogP contribution in [0, 0.1) is 5.92 Å². The lowest BCUT2D eigenvalue weighted by Gasteiger charge is -2.35. The monoisotopic (exact) mass is 685 g/mol. The molecule has 1 atom stereocenters. The molecular formula is C34H47N5O10. The minimum atomic E-state index is -1.09. The Morgan fingerprint density at radius 2 is 1.69 bits per heavy atom. The van der Waals surface area contributed by atoms with Gasteiger partial charge in [-0.1, -0.05) is 30.3 Å². The number of carbonyl (C=O) groups excluding carboxylic acids is 4. The van der Waals surface area contributed by atoms with Crippen LogP contribution in [0.3, 0.4) is 0 Å². The summed E-state index contributed by atoms with van der Waals surface area (Å²) in [5.41, 5.74) is -0.0794.